The molecule has 0 amide bonds. The van der Waals surface area contributed by atoms with Gasteiger partial charge in [-0.1, -0.05) is 18.2 Å². The fraction of sp³-hybridized carbons (Fsp3) is 0.241. The van der Waals surface area contributed by atoms with Gasteiger partial charge in [0.1, 0.15) is 17.2 Å². The van der Waals surface area contributed by atoms with Crippen LogP contribution in [0.25, 0.3) is 10.9 Å². The maximum atomic E-state index is 13.7. The highest BCUT2D eigenvalue weighted by Crippen LogP contribution is 2.34. The lowest BCUT2D eigenvalue weighted by molar-refractivity contribution is -0.152. The number of aliphatic carboxylic acids is 1. The number of aromatic nitrogens is 1. The van der Waals surface area contributed by atoms with Crippen LogP contribution in [0.4, 0.5) is 0 Å². The Bertz CT molecular complexity index is 1430. The Morgan fingerprint density at radius 3 is 2.22 bits per heavy atom. The summed E-state index contributed by atoms with van der Waals surface area (Å²) in [5.41, 5.74) is 2.20. The van der Waals surface area contributed by atoms with E-state index in [0.717, 1.165) is 27.9 Å². The zero-order valence-electron chi connectivity index (χ0n) is 21.0. The van der Waals surface area contributed by atoms with Crippen LogP contribution in [0.5, 0.6) is 17.2 Å². The Labute approximate surface area is 209 Å². The largest absolute Gasteiger partial charge is 0.497 e. The van der Waals surface area contributed by atoms with E-state index in [0.29, 0.717) is 29.2 Å². The number of carbonyl (C=O) groups is 2. The maximum absolute atomic E-state index is 13.7. The number of ketones is 1. The van der Waals surface area contributed by atoms with Crippen molar-refractivity contribution in [2.24, 2.45) is 0 Å². The first kappa shape index (κ1) is 24.9. The van der Waals surface area contributed by atoms with Gasteiger partial charge < -0.3 is 23.9 Å². The number of hydrogen-bond donors (Lipinski definition) is 1. The summed E-state index contributed by atoms with van der Waals surface area (Å²) in [7, 11) is 3.20. The molecule has 0 radical (unpaired) electrons. The summed E-state index contributed by atoms with van der Waals surface area (Å²) in [4.78, 5) is 25.3. The molecule has 4 rings (SSSR count). The van der Waals surface area contributed by atoms with Crippen LogP contribution >= 0.6 is 0 Å². The molecule has 3 aromatic carbocycles. The topological polar surface area (TPSA) is 87.0 Å². The van der Waals surface area contributed by atoms with Gasteiger partial charge in [-0.15, -0.1) is 0 Å². The van der Waals surface area contributed by atoms with Crippen molar-refractivity contribution in [3.8, 4) is 17.2 Å². The normalized spacial score (nSPS) is 11.4. The third kappa shape index (κ3) is 4.64. The minimum atomic E-state index is -1.41. The van der Waals surface area contributed by atoms with Gasteiger partial charge in [0, 0.05) is 28.3 Å². The predicted molar refractivity (Wildman–Crippen MR) is 138 cm³/mol. The van der Waals surface area contributed by atoms with Crippen LogP contribution in [-0.4, -0.2) is 41.2 Å². The molecule has 0 aliphatic carbocycles. The van der Waals surface area contributed by atoms with E-state index in [1.54, 1.807) is 50.6 Å². The molecule has 0 bridgehead atoms. The number of para-hydroxylation sites is 1. The lowest BCUT2D eigenvalue weighted by atomic mass is 10.0. The van der Waals surface area contributed by atoms with E-state index in [2.05, 4.69) is 0 Å². The third-order valence-electron chi connectivity index (χ3n) is 6.28. The van der Waals surface area contributed by atoms with Gasteiger partial charge in [0.05, 0.1) is 31.8 Å². The lowest BCUT2D eigenvalue weighted by Crippen LogP contribution is -2.37. The molecule has 1 N–H and O–H groups in total. The Kier molecular flexibility index (Phi) is 6.75. The van der Waals surface area contributed by atoms with Crippen molar-refractivity contribution in [2.45, 2.75) is 32.9 Å². The molecule has 0 saturated carbocycles. The van der Waals surface area contributed by atoms with Gasteiger partial charge in [-0.25, -0.2) is 4.79 Å². The van der Waals surface area contributed by atoms with Crippen molar-refractivity contribution in [2.75, 3.05) is 14.2 Å². The van der Waals surface area contributed by atoms with Gasteiger partial charge in [-0.3, -0.25) is 4.79 Å². The molecule has 7 heteroatoms. The van der Waals surface area contributed by atoms with E-state index in [4.69, 9.17) is 14.2 Å². The molecule has 0 aliphatic heterocycles. The average Bonchev–Trinajstić information content (AvgIpc) is 3.14. The second-order valence-electron chi connectivity index (χ2n) is 9.01. The molecule has 0 aliphatic rings. The fourth-order valence-electron chi connectivity index (χ4n) is 4.24. The van der Waals surface area contributed by atoms with Crippen LogP contribution < -0.4 is 14.2 Å². The Morgan fingerprint density at radius 2 is 1.58 bits per heavy atom. The third-order valence-corrected chi connectivity index (χ3v) is 6.28. The molecule has 1 heterocycles. The lowest BCUT2D eigenvalue weighted by Gasteiger charge is -2.21. The first-order chi connectivity index (χ1) is 17.2. The molecular formula is C29H29NO6. The second-order valence-corrected chi connectivity index (χ2v) is 9.01. The molecule has 0 spiro atoms. The number of ether oxygens (including phenoxy) is 3. The van der Waals surface area contributed by atoms with Crippen LogP contribution in [0, 0.1) is 6.92 Å². The zero-order chi connectivity index (χ0) is 26.0. The zero-order valence-corrected chi connectivity index (χ0v) is 21.0. The van der Waals surface area contributed by atoms with E-state index in [1.807, 2.05) is 41.8 Å². The molecular weight excluding hydrogens is 458 g/mol. The minimum absolute atomic E-state index is 0.113. The maximum Gasteiger partial charge on any atom is 0.347 e. The molecule has 36 heavy (non-hydrogen) atoms. The number of benzene rings is 3. The van der Waals surface area contributed by atoms with Crippen LogP contribution in [-0.2, 0) is 11.3 Å². The highest BCUT2D eigenvalue weighted by Gasteiger charge is 2.30. The standard InChI is InChI=1S/C29H29NO6/c1-18-26(27(31)19-10-12-21(34-4)13-11-19)23-15-14-22(36-29(2,3)28(32)33)16-24(23)30(18)17-20-8-6-7-9-25(20)35-5/h6-16H,17H2,1-5H3,(H,32,33). The van der Waals surface area contributed by atoms with Crippen molar-refractivity contribution in [1.82, 2.24) is 4.57 Å². The molecule has 0 atom stereocenters. The number of carboxylic acid groups (broad SMARTS) is 1. The minimum Gasteiger partial charge on any atom is -0.497 e. The van der Waals surface area contributed by atoms with Crippen molar-refractivity contribution in [3.05, 3.63) is 89.1 Å². The summed E-state index contributed by atoms with van der Waals surface area (Å²) >= 11 is 0. The van der Waals surface area contributed by atoms with E-state index >= 15 is 0 Å². The number of fused-ring (bicyclic) bond motifs is 1. The van der Waals surface area contributed by atoms with Crippen LogP contribution in [0.1, 0.15) is 41.0 Å². The number of carbonyl (C=O) groups excluding carboxylic acids is 1. The average molecular weight is 488 g/mol. The molecule has 0 unspecified atom stereocenters. The summed E-state index contributed by atoms with van der Waals surface area (Å²) < 4.78 is 18.6. The predicted octanol–water partition coefficient (Wildman–Crippen LogP) is 5.49. The fourth-order valence-corrected chi connectivity index (χ4v) is 4.24. The monoisotopic (exact) mass is 487 g/mol. The first-order valence-corrected chi connectivity index (χ1v) is 11.5. The van der Waals surface area contributed by atoms with Gasteiger partial charge in [0.15, 0.2) is 11.4 Å². The van der Waals surface area contributed by atoms with Gasteiger partial charge >= 0.3 is 5.97 Å². The van der Waals surface area contributed by atoms with Crippen LogP contribution in [0.3, 0.4) is 0 Å². The van der Waals surface area contributed by atoms with Crippen molar-refractivity contribution >= 4 is 22.7 Å². The molecule has 0 fully saturated rings. The summed E-state index contributed by atoms with van der Waals surface area (Å²) in [6.07, 6.45) is 0. The van der Waals surface area contributed by atoms with Crippen molar-refractivity contribution in [3.63, 3.8) is 0 Å². The first-order valence-electron chi connectivity index (χ1n) is 11.5. The number of carboxylic acids is 1. The quantitative estimate of drug-likeness (QED) is 0.314. The van der Waals surface area contributed by atoms with Crippen molar-refractivity contribution in [1.29, 1.82) is 0 Å². The van der Waals surface area contributed by atoms with Crippen LogP contribution in [0.15, 0.2) is 66.7 Å². The number of hydrogen-bond acceptors (Lipinski definition) is 5. The highest BCUT2D eigenvalue weighted by atomic mass is 16.5. The number of methoxy groups -OCH3 is 2. The molecule has 0 saturated heterocycles. The van der Waals surface area contributed by atoms with Crippen LogP contribution in [0.2, 0.25) is 0 Å². The number of nitrogens with zero attached hydrogens (tertiary/aromatic N) is 1. The summed E-state index contributed by atoms with van der Waals surface area (Å²) in [5, 5.41) is 10.3. The van der Waals surface area contributed by atoms with E-state index in [-0.39, 0.29) is 5.78 Å². The summed E-state index contributed by atoms with van der Waals surface area (Å²) in [6, 6.07) is 20.0. The highest BCUT2D eigenvalue weighted by molar-refractivity contribution is 6.17. The molecule has 1 aromatic heterocycles. The SMILES string of the molecule is COc1ccc(C(=O)c2c(C)n(Cc3ccccc3OC)c3cc(OC(C)(C)C(=O)O)ccc23)cc1. The van der Waals surface area contributed by atoms with Gasteiger partial charge in [0.2, 0.25) is 0 Å². The molecule has 4 aromatic rings. The van der Waals surface area contributed by atoms with E-state index in [1.165, 1.54) is 13.8 Å². The van der Waals surface area contributed by atoms with E-state index < -0.39 is 11.6 Å². The summed E-state index contributed by atoms with van der Waals surface area (Å²) in [5.74, 6) is 0.625. The molecule has 7 nitrogen and oxygen atoms in total. The number of rotatable bonds is 9. The Hall–Kier alpha value is -4.26. The smallest absolute Gasteiger partial charge is 0.347 e. The Balaban J connectivity index is 1.88. The van der Waals surface area contributed by atoms with E-state index in [9.17, 15) is 14.7 Å². The van der Waals surface area contributed by atoms with Gasteiger partial charge in [-0.2, -0.15) is 0 Å². The van der Waals surface area contributed by atoms with Gasteiger partial charge in [-0.05, 0) is 63.2 Å². The molecule has 186 valence electrons. The second kappa shape index (κ2) is 9.77. The summed E-state index contributed by atoms with van der Waals surface area (Å²) in [6.45, 7) is 5.36. The Morgan fingerprint density at radius 1 is 0.917 bits per heavy atom. The van der Waals surface area contributed by atoms with Crippen molar-refractivity contribution < 1.29 is 28.9 Å². The van der Waals surface area contributed by atoms with Gasteiger partial charge in [0.25, 0.3) is 0 Å².